The minimum Gasteiger partial charge on any atom is -0.478 e. The lowest BCUT2D eigenvalue weighted by molar-refractivity contribution is 0.0693. The minimum absolute atomic E-state index is 0.186. The molecule has 5 heteroatoms. The monoisotopic (exact) mass is 280 g/mol. The number of carboxylic acid groups (broad SMARTS) is 1. The second kappa shape index (κ2) is 6.33. The van der Waals surface area contributed by atoms with E-state index >= 15 is 0 Å². The molecular formula is C15H21FN2O2. The molecule has 1 fully saturated rings. The van der Waals surface area contributed by atoms with Crippen molar-refractivity contribution in [3.05, 3.63) is 35.1 Å². The van der Waals surface area contributed by atoms with E-state index < -0.39 is 5.97 Å². The van der Waals surface area contributed by atoms with Gasteiger partial charge in [0.15, 0.2) is 0 Å². The van der Waals surface area contributed by atoms with Crippen molar-refractivity contribution in [2.24, 2.45) is 0 Å². The third-order valence-corrected chi connectivity index (χ3v) is 4.03. The smallest absolute Gasteiger partial charge is 0.336 e. The summed E-state index contributed by atoms with van der Waals surface area (Å²) in [5.74, 6) is -1.39. The molecule has 1 saturated heterocycles. The van der Waals surface area contributed by atoms with Gasteiger partial charge in [0.05, 0.1) is 5.56 Å². The van der Waals surface area contributed by atoms with Crippen molar-refractivity contribution in [3.63, 3.8) is 0 Å². The average Bonchev–Trinajstić information content (AvgIpc) is 2.39. The van der Waals surface area contributed by atoms with Crippen molar-refractivity contribution in [1.82, 2.24) is 9.80 Å². The Kier molecular flexibility index (Phi) is 4.73. The molecule has 20 heavy (non-hydrogen) atoms. The van der Waals surface area contributed by atoms with Crippen molar-refractivity contribution in [2.75, 3.05) is 27.2 Å². The molecule has 0 radical (unpaired) electrons. The normalized spacial score (nSPS) is 17.6. The Balaban J connectivity index is 2.09. The van der Waals surface area contributed by atoms with Crippen LogP contribution in [0.15, 0.2) is 18.2 Å². The molecule has 4 nitrogen and oxygen atoms in total. The zero-order chi connectivity index (χ0) is 14.7. The lowest BCUT2D eigenvalue weighted by Gasteiger charge is -2.35. The van der Waals surface area contributed by atoms with Crippen LogP contribution in [0.1, 0.15) is 28.8 Å². The highest BCUT2D eigenvalue weighted by Gasteiger charge is 2.22. The van der Waals surface area contributed by atoms with Gasteiger partial charge >= 0.3 is 5.97 Å². The Morgan fingerprint density at radius 2 is 2.10 bits per heavy atom. The van der Waals surface area contributed by atoms with Gasteiger partial charge in [0, 0.05) is 12.6 Å². The van der Waals surface area contributed by atoms with E-state index in [-0.39, 0.29) is 11.4 Å². The number of aromatic carboxylic acids is 1. The van der Waals surface area contributed by atoms with E-state index in [0.717, 1.165) is 25.9 Å². The second-order valence-electron chi connectivity index (χ2n) is 5.56. The van der Waals surface area contributed by atoms with E-state index in [1.54, 1.807) is 0 Å². The summed E-state index contributed by atoms with van der Waals surface area (Å²) in [5, 5.41) is 9.17. The first-order valence-electron chi connectivity index (χ1n) is 6.88. The summed E-state index contributed by atoms with van der Waals surface area (Å²) in [7, 11) is 4.08. The van der Waals surface area contributed by atoms with Gasteiger partial charge in [-0.2, -0.15) is 0 Å². The number of carbonyl (C=O) groups is 1. The van der Waals surface area contributed by atoms with Crippen LogP contribution in [-0.2, 0) is 6.54 Å². The lowest BCUT2D eigenvalue weighted by Crippen LogP contribution is -2.41. The van der Waals surface area contributed by atoms with Gasteiger partial charge in [-0.05, 0) is 63.8 Å². The fraction of sp³-hybridized carbons (Fsp3) is 0.533. The number of piperidine rings is 1. The van der Waals surface area contributed by atoms with Gasteiger partial charge in [-0.3, -0.25) is 4.90 Å². The molecule has 110 valence electrons. The van der Waals surface area contributed by atoms with Crippen molar-refractivity contribution >= 4 is 5.97 Å². The molecule has 0 unspecified atom stereocenters. The molecule has 1 aliphatic rings. The van der Waals surface area contributed by atoms with E-state index in [1.165, 1.54) is 18.2 Å². The summed E-state index contributed by atoms with van der Waals surface area (Å²) < 4.78 is 13.3. The first kappa shape index (κ1) is 14.9. The maximum atomic E-state index is 13.3. The van der Waals surface area contributed by atoms with Crippen LogP contribution in [0.3, 0.4) is 0 Å². The van der Waals surface area contributed by atoms with Crippen LogP contribution in [0, 0.1) is 5.82 Å². The number of hydrogen-bond acceptors (Lipinski definition) is 3. The number of hydrogen-bond donors (Lipinski definition) is 1. The third-order valence-electron chi connectivity index (χ3n) is 4.03. The van der Waals surface area contributed by atoms with Crippen LogP contribution in [0.2, 0.25) is 0 Å². The molecule has 0 saturated carbocycles. The SMILES string of the molecule is CN1CCC(N(C)Cc2cc(F)ccc2C(=O)O)CC1. The summed E-state index contributed by atoms with van der Waals surface area (Å²) in [6.07, 6.45) is 2.12. The first-order valence-corrected chi connectivity index (χ1v) is 6.88. The van der Waals surface area contributed by atoms with E-state index in [2.05, 4.69) is 16.8 Å². The van der Waals surface area contributed by atoms with E-state index in [9.17, 15) is 9.18 Å². The van der Waals surface area contributed by atoms with Crippen LogP contribution in [0.25, 0.3) is 0 Å². The number of halogens is 1. The van der Waals surface area contributed by atoms with Gasteiger partial charge in [-0.1, -0.05) is 0 Å². The highest BCUT2D eigenvalue weighted by Crippen LogP contribution is 2.19. The van der Waals surface area contributed by atoms with Gasteiger partial charge in [-0.15, -0.1) is 0 Å². The molecule has 0 spiro atoms. The predicted octanol–water partition coefficient (Wildman–Crippen LogP) is 2.05. The lowest BCUT2D eigenvalue weighted by atomic mass is 10.0. The minimum atomic E-state index is -1.00. The highest BCUT2D eigenvalue weighted by molar-refractivity contribution is 5.89. The fourth-order valence-electron chi connectivity index (χ4n) is 2.74. The Morgan fingerprint density at radius 1 is 1.45 bits per heavy atom. The Hall–Kier alpha value is -1.46. The van der Waals surface area contributed by atoms with Crippen LogP contribution < -0.4 is 0 Å². The summed E-state index contributed by atoms with van der Waals surface area (Å²) >= 11 is 0. The van der Waals surface area contributed by atoms with Crippen molar-refractivity contribution in [3.8, 4) is 0 Å². The predicted molar refractivity (Wildman–Crippen MR) is 75.3 cm³/mol. The fourth-order valence-corrected chi connectivity index (χ4v) is 2.74. The maximum absolute atomic E-state index is 13.3. The van der Waals surface area contributed by atoms with Gasteiger partial charge in [0.25, 0.3) is 0 Å². The number of carboxylic acids is 1. The summed E-state index contributed by atoms with van der Waals surface area (Å²) in [6.45, 7) is 2.56. The number of rotatable bonds is 4. The number of benzene rings is 1. The van der Waals surface area contributed by atoms with E-state index in [1.807, 2.05) is 7.05 Å². The average molecular weight is 280 g/mol. The molecule has 0 aromatic heterocycles. The molecule has 1 aromatic carbocycles. The van der Waals surface area contributed by atoms with Crippen LogP contribution in [0.5, 0.6) is 0 Å². The van der Waals surface area contributed by atoms with Crippen LogP contribution in [0.4, 0.5) is 4.39 Å². The van der Waals surface area contributed by atoms with E-state index in [0.29, 0.717) is 18.2 Å². The van der Waals surface area contributed by atoms with Crippen LogP contribution >= 0.6 is 0 Å². The van der Waals surface area contributed by atoms with Crippen molar-refractivity contribution in [2.45, 2.75) is 25.4 Å². The summed E-state index contributed by atoms with van der Waals surface area (Å²) in [5.41, 5.74) is 0.727. The highest BCUT2D eigenvalue weighted by atomic mass is 19.1. The Bertz CT molecular complexity index is 485. The van der Waals surface area contributed by atoms with Crippen molar-refractivity contribution < 1.29 is 14.3 Å². The molecule has 1 N–H and O–H groups in total. The van der Waals surface area contributed by atoms with Gasteiger partial charge < -0.3 is 10.0 Å². The molecule has 0 amide bonds. The topological polar surface area (TPSA) is 43.8 Å². The largest absolute Gasteiger partial charge is 0.478 e. The summed E-state index contributed by atoms with van der Waals surface area (Å²) in [6, 6.07) is 4.29. The zero-order valence-electron chi connectivity index (χ0n) is 12.0. The number of likely N-dealkylation sites (tertiary alicyclic amines) is 1. The standard InChI is InChI=1S/C15H21FN2O2/c1-17-7-5-13(6-8-17)18(2)10-11-9-12(16)3-4-14(11)15(19)20/h3-4,9,13H,5-8,10H2,1-2H3,(H,19,20). The molecule has 0 aliphatic carbocycles. The van der Waals surface area contributed by atoms with E-state index in [4.69, 9.17) is 5.11 Å². The molecule has 0 atom stereocenters. The first-order chi connectivity index (χ1) is 9.47. The third kappa shape index (κ3) is 3.55. The Morgan fingerprint density at radius 3 is 2.70 bits per heavy atom. The van der Waals surface area contributed by atoms with Gasteiger partial charge in [-0.25, -0.2) is 9.18 Å². The molecule has 1 heterocycles. The quantitative estimate of drug-likeness (QED) is 0.916. The molecule has 2 rings (SSSR count). The van der Waals surface area contributed by atoms with Crippen molar-refractivity contribution in [1.29, 1.82) is 0 Å². The van der Waals surface area contributed by atoms with Gasteiger partial charge in [0.1, 0.15) is 5.82 Å². The molecule has 1 aromatic rings. The van der Waals surface area contributed by atoms with Crippen LogP contribution in [-0.4, -0.2) is 54.1 Å². The maximum Gasteiger partial charge on any atom is 0.336 e. The zero-order valence-corrected chi connectivity index (χ0v) is 12.0. The second-order valence-corrected chi connectivity index (χ2v) is 5.56. The van der Waals surface area contributed by atoms with Gasteiger partial charge in [0.2, 0.25) is 0 Å². The summed E-state index contributed by atoms with van der Waals surface area (Å²) in [4.78, 5) is 15.6. The molecular weight excluding hydrogens is 259 g/mol. The molecule has 0 bridgehead atoms. The molecule has 1 aliphatic heterocycles. The number of nitrogens with zero attached hydrogens (tertiary/aromatic N) is 2. The Labute approximate surface area is 118 Å².